The Morgan fingerprint density at radius 3 is 2.56 bits per heavy atom. The molecule has 0 spiro atoms. The number of anilines is 1. The van der Waals surface area contributed by atoms with Gasteiger partial charge in [-0.1, -0.05) is 41.9 Å². The van der Waals surface area contributed by atoms with E-state index in [4.69, 9.17) is 16.0 Å². The second kappa shape index (κ2) is 7.48. The third-order valence-electron chi connectivity index (χ3n) is 3.98. The van der Waals surface area contributed by atoms with Crippen LogP contribution >= 0.6 is 11.6 Å². The second-order valence-corrected chi connectivity index (χ2v) is 6.38. The molecule has 132 valence electrons. The number of hydrogen-bond donors (Lipinski definition) is 1. The van der Waals surface area contributed by atoms with Crippen molar-refractivity contribution in [2.75, 3.05) is 5.32 Å². The van der Waals surface area contributed by atoms with E-state index < -0.39 is 0 Å². The molecular formula is C22H15ClN2O2. The number of oxazole rings is 1. The van der Waals surface area contributed by atoms with Crippen LogP contribution in [0.2, 0.25) is 5.02 Å². The second-order valence-electron chi connectivity index (χ2n) is 5.94. The van der Waals surface area contributed by atoms with Gasteiger partial charge in [0, 0.05) is 22.3 Å². The van der Waals surface area contributed by atoms with Crippen molar-refractivity contribution >= 4 is 40.4 Å². The molecule has 3 aromatic carbocycles. The predicted octanol–water partition coefficient (Wildman–Crippen LogP) is 5.80. The molecule has 0 saturated heterocycles. The largest absolute Gasteiger partial charge is 0.436 e. The average molecular weight is 375 g/mol. The van der Waals surface area contributed by atoms with Gasteiger partial charge in [-0.25, -0.2) is 4.98 Å². The highest BCUT2D eigenvalue weighted by molar-refractivity contribution is 6.31. The summed E-state index contributed by atoms with van der Waals surface area (Å²) in [6.07, 6.45) is 3.28. The quantitative estimate of drug-likeness (QED) is 0.459. The maximum atomic E-state index is 12.0. The monoisotopic (exact) mass is 374 g/mol. The minimum Gasteiger partial charge on any atom is -0.436 e. The summed E-state index contributed by atoms with van der Waals surface area (Å²) in [5.74, 6) is 0.317. The van der Waals surface area contributed by atoms with E-state index in [9.17, 15) is 4.79 Å². The van der Waals surface area contributed by atoms with Crippen LogP contribution in [0.3, 0.4) is 0 Å². The lowest BCUT2D eigenvalue weighted by molar-refractivity contribution is -0.111. The molecule has 0 bridgehead atoms. The number of carbonyl (C=O) groups excluding carboxylic acids is 1. The topological polar surface area (TPSA) is 55.1 Å². The highest BCUT2D eigenvalue weighted by Crippen LogP contribution is 2.27. The van der Waals surface area contributed by atoms with Crippen LogP contribution in [0.15, 0.2) is 83.3 Å². The molecule has 0 aliphatic carbocycles. The summed E-state index contributed by atoms with van der Waals surface area (Å²) in [7, 11) is 0. The molecule has 1 N–H and O–H groups in total. The van der Waals surface area contributed by atoms with Gasteiger partial charge in [0.1, 0.15) is 5.52 Å². The number of nitrogens with zero attached hydrogens (tertiary/aromatic N) is 1. The van der Waals surface area contributed by atoms with Crippen molar-refractivity contribution in [3.63, 3.8) is 0 Å². The SMILES string of the molecule is O=C(/C=C/c1ccccc1)Nc1ccc(-c2nc3cc(Cl)ccc3o2)cc1. The number of fused-ring (bicyclic) bond motifs is 1. The summed E-state index contributed by atoms with van der Waals surface area (Å²) in [5, 5.41) is 3.45. The molecule has 0 radical (unpaired) electrons. The van der Waals surface area contributed by atoms with Crippen molar-refractivity contribution < 1.29 is 9.21 Å². The fourth-order valence-electron chi connectivity index (χ4n) is 2.64. The highest BCUT2D eigenvalue weighted by Gasteiger charge is 2.09. The van der Waals surface area contributed by atoms with Gasteiger partial charge in [0.15, 0.2) is 5.58 Å². The van der Waals surface area contributed by atoms with E-state index in [2.05, 4.69) is 10.3 Å². The van der Waals surface area contributed by atoms with E-state index in [1.54, 1.807) is 24.3 Å². The normalized spacial score (nSPS) is 11.1. The van der Waals surface area contributed by atoms with Crippen molar-refractivity contribution in [1.29, 1.82) is 0 Å². The van der Waals surface area contributed by atoms with E-state index >= 15 is 0 Å². The number of aromatic nitrogens is 1. The molecule has 1 amide bonds. The molecule has 0 saturated carbocycles. The Kier molecular flexibility index (Phi) is 4.73. The molecular weight excluding hydrogens is 360 g/mol. The summed E-state index contributed by atoms with van der Waals surface area (Å²) < 4.78 is 5.75. The molecule has 4 nitrogen and oxygen atoms in total. The lowest BCUT2D eigenvalue weighted by Crippen LogP contribution is -2.07. The molecule has 0 unspecified atom stereocenters. The molecule has 4 rings (SSSR count). The first-order chi connectivity index (χ1) is 13.2. The molecule has 4 aromatic rings. The molecule has 0 atom stereocenters. The van der Waals surface area contributed by atoms with E-state index in [1.807, 2.05) is 54.6 Å². The van der Waals surface area contributed by atoms with Crippen molar-refractivity contribution in [3.05, 3.63) is 89.5 Å². The fourth-order valence-corrected chi connectivity index (χ4v) is 2.81. The van der Waals surface area contributed by atoms with Crippen LogP contribution in [0.25, 0.3) is 28.6 Å². The predicted molar refractivity (Wildman–Crippen MR) is 109 cm³/mol. The summed E-state index contributed by atoms with van der Waals surface area (Å²) in [6.45, 7) is 0. The Morgan fingerprint density at radius 1 is 1.00 bits per heavy atom. The van der Waals surface area contributed by atoms with Crippen LogP contribution < -0.4 is 5.32 Å². The first-order valence-corrected chi connectivity index (χ1v) is 8.76. The van der Waals surface area contributed by atoms with Gasteiger partial charge in [-0.15, -0.1) is 0 Å². The zero-order valence-corrected chi connectivity index (χ0v) is 15.0. The van der Waals surface area contributed by atoms with Gasteiger partial charge in [0.05, 0.1) is 0 Å². The van der Waals surface area contributed by atoms with Gasteiger partial charge in [0.25, 0.3) is 0 Å². The molecule has 0 aliphatic heterocycles. The zero-order chi connectivity index (χ0) is 18.6. The zero-order valence-electron chi connectivity index (χ0n) is 14.2. The highest BCUT2D eigenvalue weighted by atomic mass is 35.5. The fraction of sp³-hybridized carbons (Fsp3) is 0. The van der Waals surface area contributed by atoms with Crippen LogP contribution in [0.5, 0.6) is 0 Å². The van der Waals surface area contributed by atoms with Crippen LogP contribution in [-0.4, -0.2) is 10.9 Å². The number of benzene rings is 3. The van der Waals surface area contributed by atoms with Gasteiger partial charge in [0.2, 0.25) is 11.8 Å². The summed E-state index contributed by atoms with van der Waals surface area (Å²) in [4.78, 5) is 16.5. The first kappa shape index (κ1) is 17.1. The Labute approximate surface area is 161 Å². The Hall–Kier alpha value is -3.37. The van der Waals surface area contributed by atoms with Gasteiger partial charge < -0.3 is 9.73 Å². The lowest BCUT2D eigenvalue weighted by Gasteiger charge is -2.03. The van der Waals surface area contributed by atoms with E-state index in [1.165, 1.54) is 6.08 Å². The number of carbonyl (C=O) groups is 1. The number of nitrogens with one attached hydrogen (secondary N) is 1. The smallest absolute Gasteiger partial charge is 0.248 e. The van der Waals surface area contributed by atoms with Crippen molar-refractivity contribution in [1.82, 2.24) is 4.98 Å². The lowest BCUT2D eigenvalue weighted by atomic mass is 10.2. The molecule has 0 fully saturated rings. The standard InChI is InChI=1S/C22H15ClN2O2/c23-17-9-12-20-19(14-17)25-22(27-20)16-7-10-18(11-8-16)24-21(26)13-6-15-4-2-1-3-5-15/h1-14H,(H,24,26)/b13-6+. The third kappa shape index (κ3) is 4.07. The van der Waals surface area contributed by atoms with Crippen molar-refractivity contribution in [3.8, 4) is 11.5 Å². The average Bonchev–Trinajstić information content (AvgIpc) is 3.11. The third-order valence-corrected chi connectivity index (χ3v) is 4.21. The van der Waals surface area contributed by atoms with Crippen LogP contribution in [-0.2, 0) is 4.79 Å². The Morgan fingerprint density at radius 2 is 1.78 bits per heavy atom. The first-order valence-electron chi connectivity index (χ1n) is 8.38. The molecule has 0 aliphatic rings. The molecule has 27 heavy (non-hydrogen) atoms. The maximum Gasteiger partial charge on any atom is 0.248 e. The number of rotatable bonds is 4. The molecule has 1 heterocycles. The maximum absolute atomic E-state index is 12.0. The van der Waals surface area contributed by atoms with Gasteiger partial charge >= 0.3 is 0 Å². The van der Waals surface area contributed by atoms with E-state index in [0.29, 0.717) is 27.7 Å². The molecule has 5 heteroatoms. The minimum atomic E-state index is -0.192. The van der Waals surface area contributed by atoms with E-state index in [-0.39, 0.29) is 5.91 Å². The summed E-state index contributed by atoms with van der Waals surface area (Å²) >= 11 is 5.98. The van der Waals surface area contributed by atoms with Crippen LogP contribution in [0.1, 0.15) is 5.56 Å². The van der Waals surface area contributed by atoms with Crippen LogP contribution in [0, 0.1) is 0 Å². The number of hydrogen-bond acceptors (Lipinski definition) is 3. The molecule has 1 aromatic heterocycles. The number of amides is 1. The number of halogens is 1. The van der Waals surface area contributed by atoms with Gasteiger partial charge in [-0.05, 0) is 54.1 Å². The summed E-state index contributed by atoms with van der Waals surface area (Å²) in [5.41, 5.74) is 3.87. The van der Waals surface area contributed by atoms with E-state index in [0.717, 1.165) is 11.1 Å². The minimum absolute atomic E-state index is 0.192. The Bertz CT molecular complexity index is 1120. The van der Waals surface area contributed by atoms with Gasteiger partial charge in [-0.2, -0.15) is 0 Å². The van der Waals surface area contributed by atoms with Crippen molar-refractivity contribution in [2.45, 2.75) is 0 Å². The van der Waals surface area contributed by atoms with Crippen LogP contribution in [0.4, 0.5) is 5.69 Å². The Balaban J connectivity index is 1.46. The van der Waals surface area contributed by atoms with Crippen molar-refractivity contribution in [2.24, 2.45) is 0 Å². The summed E-state index contributed by atoms with van der Waals surface area (Å²) in [6, 6.07) is 22.3. The van der Waals surface area contributed by atoms with Gasteiger partial charge in [-0.3, -0.25) is 4.79 Å².